The SMILES string of the molecule is CC(c1cccc(F)c1)N1CC[C@@H](N)C1.Cl. The highest BCUT2D eigenvalue weighted by molar-refractivity contribution is 5.85. The summed E-state index contributed by atoms with van der Waals surface area (Å²) < 4.78 is 13.0. The Morgan fingerprint density at radius 2 is 2.25 bits per heavy atom. The first-order valence-corrected chi connectivity index (χ1v) is 5.42. The van der Waals surface area contributed by atoms with Crippen molar-refractivity contribution in [2.75, 3.05) is 13.1 Å². The van der Waals surface area contributed by atoms with Gasteiger partial charge in [-0.1, -0.05) is 12.1 Å². The summed E-state index contributed by atoms with van der Waals surface area (Å²) in [5, 5.41) is 0. The molecule has 0 radical (unpaired) electrons. The Labute approximate surface area is 102 Å². The highest BCUT2D eigenvalue weighted by atomic mass is 35.5. The van der Waals surface area contributed by atoms with E-state index in [2.05, 4.69) is 11.8 Å². The van der Waals surface area contributed by atoms with Gasteiger partial charge in [0.25, 0.3) is 0 Å². The second kappa shape index (κ2) is 5.62. The van der Waals surface area contributed by atoms with Crippen LogP contribution in [0.3, 0.4) is 0 Å². The van der Waals surface area contributed by atoms with Crippen molar-refractivity contribution < 1.29 is 4.39 Å². The van der Waals surface area contributed by atoms with Gasteiger partial charge in [0.1, 0.15) is 5.82 Å². The summed E-state index contributed by atoms with van der Waals surface area (Å²) in [6.45, 7) is 4.03. The summed E-state index contributed by atoms with van der Waals surface area (Å²) >= 11 is 0. The minimum atomic E-state index is -0.164. The van der Waals surface area contributed by atoms with Crippen LogP contribution in [0.4, 0.5) is 4.39 Å². The van der Waals surface area contributed by atoms with E-state index >= 15 is 0 Å². The number of hydrogen-bond acceptors (Lipinski definition) is 2. The number of nitrogens with zero attached hydrogens (tertiary/aromatic N) is 1. The highest BCUT2D eigenvalue weighted by Gasteiger charge is 2.24. The van der Waals surface area contributed by atoms with E-state index in [1.165, 1.54) is 6.07 Å². The summed E-state index contributed by atoms with van der Waals surface area (Å²) in [7, 11) is 0. The first kappa shape index (κ1) is 13.4. The van der Waals surface area contributed by atoms with Gasteiger partial charge in [-0.05, 0) is 31.0 Å². The van der Waals surface area contributed by atoms with E-state index in [-0.39, 0.29) is 30.3 Å². The molecule has 1 unspecified atom stereocenters. The number of likely N-dealkylation sites (tertiary alicyclic amines) is 1. The van der Waals surface area contributed by atoms with Crippen LogP contribution in [0.5, 0.6) is 0 Å². The topological polar surface area (TPSA) is 29.3 Å². The van der Waals surface area contributed by atoms with Crippen LogP contribution in [0.1, 0.15) is 24.9 Å². The van der Waals surface area contributed by atoms with Crippen LogP contribution in [-0.2, 0) is 0 Å². The molecule has 1 saturated heterocycles. The van der Waals surface area contributed by atoms with E-state index in [0.29, 0.717) is 0 Å². The number of rotatable bonds is 2. The minimum Gasteiger partial charge on any atom is -0.326 e. The summed E-state index contributed by atoms with van der Waals surface area (Å²) in [5.41, 5.74) is 6.89. The zero-order chi connectivity index (χ0) is 10.8. The van der Waals surface area contributed by atoms with Crippen molar-refractivity contribution in [3.8, 4) is 0 Å². The van der Waals surface area contributed by atoms with Gasteiger partial charge in [-0.2, -0.15) is 0 Å². The van der Waals surface area contributed by atoms with Gasteiger partial charge >= 0.3 is 0 Å². The molecule has 90 valence electrons. The highest BCUT2D eigenvalue weighted by Crippen LogP contribution is 2.24. The molecule has 0 aliphatic carbocycles. The number of benzene rings is 1. The molecule has 0 aromatic heterocycles. The van der Waals surface area contributed by atoms with Crippen molar-refractivity contribution in [2.24, 2.45) is 5.73 Å². The molecular formula is C12H18ClFN2. The Morgan fingerprint density at radius 3 is 2.81 bits per heavy atom. The molecule has 1 aliphatic rings. The molecular weight excluding hydrogens is 227 g/mol. The molecule has 1 aromatic rings. The van der Waals surface area contributed by atoms with Crippen molar-refractivity contribution in [1.29, 1.82) is 0 Å². The van der Waals surface area contributed by atoms with Crippen LogP contribution < -0.4 is 5.73 Å². The molecule has 2 N–H and O–H groups in total. The normalized spacial score (nSPS) is 22.8. The molecule has 2 atom stereocenters. The average molecular weight is 245 g/mol. The Kier molecular flexibility index (Phi) is 4.71. The number of nitrogens with two attached hydrogens (primary N) is 1. The molecule has 0 spiro atoms. The Hall–Kier alpha value is -0.640. The molecule has 4 heteroatoms. The molecule has 1 aliphatic heterocycles. The lowest BCUT2D eigenvalue weighted by atomic mass is 10.1. The van der Waals surface area contributed by atoms with Gasteiger partial charge in [-0.3, -0.25) is 4.90 Å². The number of halogens is 2. The first-order chi connectivity index (χ1) is 7.16. The monoisotopic (exact) mass is 244 g/mol. The average Bonchev–Trinajstić information content (AvgIpc) is 2.64. The minimum absolute atomic E-state index is 0. The van der Waals surface area contributed by atoms with E-state index in [1.807, 2.05) is 6.07 Å². The van der Waals surface area contributed by atoms with Crippen LogP contribution in [0.25, 0.3) is 0 Å². The summed E-state index contributed by atoms with van der Waals surface area (Å²) in [6.07, 6.45) is 1.04. The summed E-state index contributed by atoms with van der Waals surface area (Å²) in [4.78, 5) is 2.31. The van der Waals surface area contributed by atoms with Crippen molar-refractivity contribution in [1.82, 2.24) is 4.90 Å². The van der Waals surface area contributed by atoms with Gasteiger partial charge in [-0.15, -0.1) is 12.4 Å². The lowest BCUT2D eigenvalue weighted by Gasteiger charge is -2.24. The van der Waals surface area contributed by atoms with E-state index in [4.69, 9.17) is 5.73 Å². The van der Waals surface area contributed by atoms with E-state index in [0.717, 1.165) is 25.1 Å². The van der Waals surface area contributed by atoms with E-state index in [9.17, 15) is 4.39 Å². The van der Waals surface area contributed by atoms with Crippen LogP contribution in [-0.4, -0.2) is 24.0 Å². The van der Waals surface area contributed by atoms with Crippen LogP contribution >= 0.6 is 12.4 Å². The lowest BCUT2D eigenvalue weighted by Crippen LogP contribution is -2.28. The predicted molar refractivity (Wildman–Crippen MR) is 66.2 cm³/mol. The maximum atomic E-state index is 13.0. The van der Waals surface area contributed by atoms with Gasteiger partial charge in [-0.25, -0.2) is 4.39 Å². The number of hydrogen-bond donors (Lipinski definition) is 1. The van der Waals surface area contributed by atoms with Gasteiger partial charge in [0.2, 0.25) is 0 Å². The fraction of sp³-hybridized carbons (Fsp3) is 0.500. The molecule has 16 heavy (non-hydrogen) atoms. The Morgan fingerprint density at radius 1 is 1.50 bits per heavy atom. The second-order valence-corrected chi connectivity index (χ2v) is 4.27. The third-order valence-electron chi connectivity index (χ3n) is 3.13. The second-order valence-electron chi connectivity index (χ2n) is 4.27. The van der Waals surface area contributed by atoms with Gasteiger partial charge in [0.15, 0.2) is 0 Å². The van der Waals surface area contributed by atoms with Crippen LogP contribution in [0.15, 0.2) is 24.3 Å². The summed E-state index contributed by atoms with van der Waals surface area (Å²) in [5.74, 6) is -0.164. The third kappa shape index (κ3) is 2.94. The van der Waals surface area contributed by atoms with E-state index in [1.54, 1.807) is 12.1 Å². The molecule has 1 aromatic carbocycles. The predicted octanol–water partition coefficient (Wildman–Crippen LogP) is 2.34. The van der Waals surface area contributed by atoms with Gasteiger partial charge in [0, 0.05) is 25.2 Å². The zero-order valence-electron chi connectivity index (χ0n) is 9.40. The zero-order valence-corrected chi connectivity index (χ0v) is 10.2. The fourth-order valence-electron chi connectivity index (χ4n) is 2.14. The maximum absolute atomic E-state index is 13.0. The van der Waals surface area contributed by atoms with E-state index < -0.39 is 0 Å². The third-order valence-corrected chi connectivity index (χ3v) is 3.13. The van der Waals surface area contributed by atoms with Crippen molar-refractivity contribution >= 4 is 12.4 Å². The van der Waals surface area contributed by atoms with Crippen molar-refractivity contribution in [3.63, 3.8) is 0 Å². The van der Waals surface area contributed by atoms with Gasteiger partial charge in [0.05, 0.1) is 0 Å². The molecule has 0 saturated carbocycles. The molecule has 0 amide bonds. The van der Waals surface area contributed by atoms with Crippen molar-refractivity contribution in [3.05, 3.63) is 35.6 Å². The largest absolute Gasteiger partial charge is 0.326 e. The van der Waals surface area contributed by atoms with Crippen molar-refractivity contribution in [2.45, 2.75) is 25.4 Å². The maximum Gasteiger partial charge on any atom is 0.123 e. The Bertz CT molecular complexity index is 346. The molecule has 2 rings (SSSR count). The van der Waals surface area contributed by atoms with Crippen LogP contribution in [0.2, 0.25) is 0 Å². The smallest absolute Gasteiger partial charge is 0.123 e. The molecule has 0 bridgehead atoms. The lowest BCUT2D eigenvalue weighted by molar-refractivity contribution is 0.259. The first-order valence-electron chi connectivity index (χ1n) is 5.42. The molecule has 2 nitrogen and oxygen atoms in total. The Balaban J connectivity index is 0.00000128. The fourth-order valence-corrected chi connectivity index (χ4v) is 2.14. The summed E-state index contributed by atoms with van der Waals surface area (Å²) in [6, 6.07) is 7.35. The molecule has 1 heterocycles. The quantitative estimate of drug-likeness (QED) is 0.865. The van der Waals surface area contributed by atoms with Gasteiger partial charge < -0.3 is 5.73 Å². The molecule has 1 fully saturated rings. The standard InChI is InChI=1S/C12H17FN2.ClH/c1-9(15-6-5-12(14)8-15)10-3-2-4-11(13)7-10;/h2-4,7,9,12H,5-6,8,14H2,1H3;1H/t9?,12-;/m1./s1. The van der Waals surface area contributed by atoms with Crippen LogP contribution in [0, 0.1) is 5.82 Å².